The fraction of sp³-hybridized carbons (Fsp3) is 0.333. The zero-order valence-electron chi connectivity index (χ0n) is 9.85. The summed E-state index contributed by atoms with van der Waals surface area (Å²) >= 11 is 5.91. The summed E-state index contributed by atoms with van der Waals surface area (Å²) in [5.74, 6) is -0.980. The number of nitrogens with zero attached hydrogens (tertiary/aromatic N) is 1. The average Bonchev–Trinajstić information content (AvgIpc) is 2.74. The van der Waals surface area contributed by atoms with Gasteiger partial charge in [-0.25, -0.2) is 0 Å². The molecule has 96 valence electrons. The van der Waals surface area contributed by atoms with Crippen molar-refractivity contribution in [1.82, 2.24) is 0 Å². The number of nitrogen functional groups attached to an aromatic ring is 1. The molecule has 1 atom stereocenters. The Bertz CT molecular complexity index is 504. The zero-order chi connectivity index (χ0) is 13.3. The molecule has 1 saturated heterocycles. The molecule has 2 N–H and O–H groups in total. The topological polar surface area (TPSA) is 72.6 Å². The molecule has 0 aliphatic carbocycles. The van der Waals surface area contributed by atoms with Gasteiger partial charge < -0.3 is 15.4 Å². The summed E-state index contributed by atoms with van der Waals surface area (Å²) in [4.78, 5) is 24.8. The maximum Gasteiger partial charge on any atom is 0.311 e. The molecule has 5 nitrogen and oxygen atoms in total. The van der Waals surface area contributed by atoms with Gasteiger partial charge in [0.25, 0.3) is 0 Å². The molecule has 1 heterocycles. The number of hydrogen-bond acceptors (Lipinski definition) is 4. The molecule has 0 radical (unpaired) electrons. The lowest BCUT2D eigenvalue weighted by Gasteiger charge is -2.18. The third-order valence-corrected chi connectivity index (χ3v) is 3.31. The Balaban J connectivity index is 2.27. The first-order valence-electron chi connectivity index (χ1n) is 5.46. The number of benzene rings is 1. The second kappa shape index (κ2) is 4.86. The van der Waals surface area contributed by atoms with E-state index in [1.807, 2.05) is 0 Å². The van der Waals surface area contributed by atoms with Crippen molar-refractivity contribution in [3.8, 4) is 0 Å². The van der Waals surface area contributed by atoms with Gasteiger partial charge in [0.2, 0.25) is 5.91 Å². The Morgan fingerprint density at radius 3 is 2.94 bits per heavy atom. The highest BCUT2D eigenvalue weighted by molar-refractivity contribution is 6.34. The van der Waals surface area contributed by atoms with Gasteiger partial charge in [0, 0.05) is 13.0 Å². The SMILES string of the molecule is COC(=O)C1CC(=O)N(c2cccc(Cl)c2N)C1. The van der Waals surface area contributed by atoms with Crippen LogP contribution in [0.2, 0.25) is 5.02 Å². The lowest BCUT2D eigenvalue weighted by atomic mass is 10.1. The first kappa shape index (κ1) is 12.7. The normalized spacial score (nSPS) is 19.1. The van der Waals surface area contributed by atoms with Crippen molar-refractivity contribution < 1.29 is 14.3 Å². The van der Waals surface area contributed by atoms with E-state index in [1.54, 1.807) is 18.2 Å². The predicted octanol–water partition coefficient (Wildman–Crippen LogP) is 1.45. The highest BCUT2D eigenvalue weighted by atomic mass is 35.5. The van der Waals surface area contributed by atoms with E-state index in [0.29, 0.717) is 16.4 Å². The summed E-state index contributed by atoms with van der Waals surface area (Å²) < 4.78 is 4.65. The van der Waals surface area contributed by atoms with Crippen molar-refractivity contribution in [2.75, 3.05) is 24.3 Å². The monoisotopic (exact) mass is 268 g/mol. The van der Waals surface area contributed by atoms with Crippen LogP contribution in [0.5, 0.6) is 0 Å². The van der Waals surface area contributed by atoms with E-state index in [2.05, 4.69) is 4.74 Å². The van der Waals surface area contributed by atoms with Crippen molar-refractivity contribution in [2.45, 2.75) is 6.42 Å². The molecule has 0 bridgehead atoms. The summed E-state index contributed by atoms with van der Waals surface area (Å²) in [6.07, 6.45) is 0.138. The highest BCUT2D eigenvalue weighted by Gasteiger charge is 2.36. The van der Waals surface area contributed by atoms with Crippen LogP contribution >= 0.6 is 11.6 Å². The van der Waals surface area contributed by atoms with Crippen LogP contribution in [-0.2, 0) is 14.3 Å². The Hall–Kier alpha value is -1.75. The second-order valence-electron chi connectivity index (χ2n) is 4.10. The minimum Gasteiger partial charge on any atom is -0.469 e. The minimum atomic E-state index is -0.444. The number of hydrogen-bond donors (Lipinski definition) is 1. The Morgan fingerprint density at radius 2 is 2.28 bits per heavy atom. The molecule has 1 aliphatic rings. The minimum absolute atomic E-state index is 0.138. The molecule has 2 rings (SSSR count). The highest BCUT2D eigenvalue weighted by Crippen LogP contribution is 2.34. The van der Waals surface area contributed by atoms with Crippen LogP contribution in [0, 0.1) is 5.92 Å². The molecule has 18 heavy (non-hydrogen) atoms. The first-order valence-corrected chi connectivity index (χ1v) is 5.84. The number of methoxy groups -OCH3 is 1. The van der Waals surface area contributed by atoms with Gasteiger partial charge >= 0.3 is 5.97 Å². The molecule has 1 aliphatic heterocycles. The van der Waals surface area contributed by atoms with Crippen LogP contribution in [0.25, 0.3) is 0 Å². The number of ether oxygens (including phenoxy) is 1. The Labute approximate surface area is 109 Å². The summed E-state index contributed by atoms with van der Waals surface area (Å²) in [6.45, 7) is 0.274. The third kappa shape index (κ3) is 2.13. The molecular formula is C12H13ClN2O3. The molecule has 0 saturated carbocycles. The predicted molar refractivity (Wildman–Crippen MR) is 68.3 cm³/mol. The van der Waals surface area contributed by atoms with E-state index in [-0.39, 0.29) is 24.8 Å². The first-order chi connectivity index (χ1) is 8.54. The van der Waals surface area contributed by atoms with Gasteiger partial charge in [0.15, 0.2) is 0 Å². The van der Waals surface area contributed by atoms with Crippen LogP contribution < -0.4 is 10.6 Å². The molecule has 0 spiro atoms. The standard InChI is InChI=1S/C12H13ClN2O3/c1-18-12(17)7-5-10(16)15(6-7)9-4-2-3-8(13)11(9)14/h2-4,7H,5-6,14H2,1H3. The van der Waals surface area contributed by atoms with Crippen LogP contribution in [0.4, 0.5) is 11.4 Å². The average molecular weight is 269 g/mol. The number of carbonyl (C=O) groups excluding carboxylic acids is 2. The number of halogens is 1. The van der Waals surface area contributed by atoms with Crippen molar-refractivity contribution >= 4 is 34.9 Å². The van der Waals surface area contributed by atoms with E-state index in [4.69, 9.17) is 17.3 Å². The van der Waals surface area contributed by atoms with Gasteiger partial charge in [-0.05, 0) is 12.1 Å². The van der Waals surface area contributed by atoms with Gasteiger partial charge in [-0.3, -0.25) is 9.59 Å². The van der Waals surface area contributed by atoms with Crippen LogP contribution in [0.15, 0.2) is 18.2 Å². The molecule has 1 unspecified atom stereocenters. The molecule has 0 aromatic heterocycles. The van der Waals surface area contributed by atoms with Crippen LogP contribution in [0.3, 0.4) is 0 Å². The molecule has 1 amide bonds. The lowest BCUT2D eigenvalue weighted by Crippen LogP contribution is -2.27. The molecule has 6 heteroatoms. The quantitative estimate of drug-likeness (QED) is 0.651. The van der Waals surface area contributed by atoms with E-state index in [9.17, 15) is 9.59 Å². The van der Waals surface area contributed by atoms with E-state index >= 15 is 0 Å². The van der Waals surface area contributed by atoms with Crippen LogP contribution in [0.1, 0.15) is 6.42 Å². The Kier molecular flexibility index (Phi) is 3.43. The summed E-state index contributed by atoms with van der Waals surface area (Å²) in [7, 11) is 1.31. The summed E-state index contributed by atoms with van der Waals surface area (Å²) in [6, 6.07) is 5.07. The van der Waals surface area contributed by atoms with Gasteiger partial charge in [-0.1, -0.05) is 17.7 Å². The number of anilines is 2. The molecule has 1 aromatic carbocycles. The molecular weight excluding hydrogens is 256 g/mol. The second-order valence-corrected chi connectivity index (χ2v) is 4.51. The van der Waals surface area contributed by atoms with E-state index in [0.717, 1.165) is 0 Å². The maximum absolute atomic E-state index is 11.9. The smallest absolute Gasteiger partial charge is 0.311 e. The number of nitrogens with two attached hydrogens (primary N) is 1. The molecule has 1 fully saturated rings. The van der Waals surface area contributed by atoms with Gasteiger partial charge in [0.05, 0.1) is 29.4 Å². The summed E-state index contributed by atoms with van der Waals surface area (Å²) in [5.41, 5.74) is 6.72. The van der Waals surface area contributed by atoms with Gasteiger partial charge in [-0.2, -0.15) is 0 Å². The maximum atomic E-state index is 11.9. The molecule has 1 aromatic rings. The fourth-order valence-electron chi connectivity index (χ4n) is 2.03. The summed E-state index contributed by atoms with van der Waals surface area (Å²) in [5, 5.41) is 0.391. The number of carbonyl (C=O) groups is 2. The zero-order valence-corrected chi connectivity index (χ0v) is 10.6. The van der Waals surface area contributed by atoms with E-state index < -0.39 is 5.92 Å². The fourth-order valence-corrected chi connectivity index (χ4v) is 2.20. The van der Waals surface area contributed by atoms with Crippen molar-refractivity contribution in [3.05, 3.63) is 23.2 Å². The van der Waals surface area contributed by atoms with Crippen LogP contribution in [-0.4, -0.2) is 25.5 Å². The number of amides is 1. The number of esters is 1. The van der Waals surface area contributed by atoms with E-state index in [1.165, 1.54) is 12.0 Å². The van der Waals surface area contributed by atoms with Gasteiger partial charge in [0.1, 0.15) is 0 Å². The number of rotatable bonds is 2. The number of para-hydroxylation sites is 1. The largest absolute Gasteiger partial charge is 0.469 e. The lowest BCUT2D eigenvalue weighted by molar-refractivity contribution is -0.145. The third-order valence-electron chi connectivity index (χ3n) is 2.98. The van der Waals surface area contributed by atoms with Crippen molar-refractivity contribution in [1.29, 1.82) is 0 Å². The Morgan fingerprint density at radius 1 is 1.56 bits per heavy atom. The van der Waals surface area contributed by atoms with Crippen molar-refractivity contribution in [3.63, 3.8) is 0 Å². The van der Waals surface area contributed by atoms with Gasteiger partial charge in [-0.15, -0.1) is 0 Å². The van der Waals surface area contributed by atoms with Crippen molar-refractivity contribution in [2.24, 2.45) is 5.92 Å².